The summed E-state index contributed by atoms with van der Waals surface area (Å²) in [5.41, 5.74) is 1.33. The zero-order valence-electron chi connectivity index (χ0n) is 14.5. The van der Waals surface area contributed by atoms with Crippen molar-refractivity contribution >= 4 is 23.6 Å². The van der Waals surface area contributed by atoms with Crippen LogP contribution in [0.1, 0.15) is 47.5 Å². The fourth-order valence-corrected chi connectivity index (χ4v) is 3.93. The topological polar surface area (TPSA) is 105 Å². The number of aromatic nitrogens is 2. The highest BCUT2D eigenvalue weighted by Gasteiger charge is 2.27. The summed E-state index contributed by atoms with van der Waals surface area (Å²) < 4.78 is 5.05. The molecule has 1 fully saturated rings. The molecular formula is C18H21N3O4S. The quantitative estimate of drug-likeness (QED) is 0.748. The van der Waals surface area contributed by atoms with Gasteiger partial charge in [-0.3, -0.25) is 9.59 Å². The van der Waals surface area contributed by atoms with Crippen molar-refractivity contribution in [2.75, 3.05) is 0 Å². The van der Waals surface area contributed by atoms with E-state index in [1.54, 1.807) is 18.3 Å². The smallest absolute Gasteiger partial charge is 0.306 e. The van der Waals surface area contributed by atoms with Gasteiger partial charge in [0.15, 0.2) is 0 Å². The second-order valence-corrected chi connectivity index (χ2v) is 7.40. The number of carbonyl (C=O) groups excluding carboxylic acids is 1. The molecule has 0 aliphatic heterocycles. The first-order valence-electron chi connectivity index (χ1n) is 8.56. The van der Waals surface area contributed by atoms with Crippen LogP contribution in [0.5, 0.6) is 0 Å². The molecule has 0 spiro atoms. The molecule has 2 aromatic rings. The number of rotatable bonds is 6. The monoisotopic (exact) mass is 375 g/mol. The van der Waals surface area contributed by atoms with Gasteiger partial charge >= 0.3 is 5.97 Å². The predicted molar refractivity (Wildman–Crippen MR) is 95.9 cm³/mol. The Bertz CT molecular complexity index is 784. The van der Waals surface area contributed by atoms with Crippen LogP contribution >= 0.6 is 11.8 Å². The molecule has 138 valence electrons. The van der Waals surface area contributed by atoms with Crippen LogP contribution in [0.3, 0.4) is 0 Å². The van der Waals surface area contributed by atoms with E-state index in [0.29, 0.717) is 42.0 Å². The summed E-state index contributed by atoms with van der Waals surface area (Å²) in [6, 6.07) is 5.35. The van der Waals surface area contributed by atoms with Gasteiger partial charge in [0.25, 0.3) is 5.91 Å². The van der Waals surface area contributed by atoms with Crippen molar-refractivity contribution in [3.05, 3.63) is 41.4 Å². The molecular weight excluding hydrogens is 354 g/mol. The molecule has 2 heterocycles. The maximum Gasteiger partial charge on any atom is 0.306 e. The number of thioether (sulfide) groups is 1. The van der Waals surface area contributed by atoms with Crippen LogP contribution in [0.15, 0.2) is 33.9 Å². The minimum absolute atomic E-state index is 0.00865. The number of carboxylic acids is 1. The fraction of sp³-hybridized carbons (Fsp3) is 0.444. The molecule has 2 N–H and O–H groups in total. The number of nitrogens with zero attached hydrogens (tertiary/aromatic N) is 2. The van der Waals surface area contributed by atoms with Crippen molar-refractivity contribution in [3.8, 4) is 0 Å². The van der Waals surface area contributed by atoms with Crippen molar-refractivity contribution < 1.29 is 19.2 Å². The highest BCUT2D eigenvalue weighted by Crippen LogP contribution is 2.27. The number of nitrogens with one attached hydrogen (secondary N) is 1. The van der Waals surface area contributed by atoms with Gasteiger partial charge in [0.05, 0.1) is 17.2 Å². The van der Waals surface area contributed by atoms with Gasteiger partial charge in [0.1, 0.15) is 10.8 Å². The molecule has 7 nitrogen and oxygen atoms in total. The first kappa shape index (κ1) is 18.4. The van der Waals surface area contributed by atoms with E-state index in [4.69, 9.17) is 9.63 Å². The van der Waals surface area contributed by atoms with Gasteiger partial charge < -0.3 is 14.9 Å². The molecule has 3 rings (SSSR count). The Morgan fingerprint density at radius 2 is 2.12 bits per heavy atom. The minimum Gasteiger partial charge on any atom is -0.481 e. The van der Waals surface area contributed by atoms with E-state index in [9.17, 15) is 9.59 Å². The summed E-state index contributed by atoms with van der Waals surface area (Å²) in [7, 11) is 0. The first-order valence-corrected chi connectivity index (χ1v) is 9.55. The van der Waals surface area contributed by atoms with Crippen LogP contribution in [0.25, 0.3) is 0 Å². The SMILES string of the molecule is Cc1cc(CSc2ncccc2C(=O)NC2CCC(C(=O)O)CC2)no1. The molecule has 26 heavy (non-hydrogen) atoms. The number of carboxylic acid groups (broad SMARTS) is 1. The molecule has 0 aromatic carbocycles. The van der Waals surface area contributed by atoms with Gasteiger partial charge in [-0.1, -0.05) is 16.9 Å². The molecule has 0 unspecified atom stereocenters. The van der Waals surface area contributed by atoms with E-state index in [2.05, 4.69) is 15.5 Å². The van der Waals surface area contributed by atoms with Crippen LogP contribution < -0.4 is 5.32 Å². The number of hydrogen-bond acceptors (Lipinski definition) is 6. The average Bonchev–Trinajstić information content (AvgIpc) is 3.06. The van der Waals surface area contributed by atoms with Crippen molar-refractivity contribution in [2.24, 2.45) is 5.92 Å². The summed E-state index contributed by atoms with van der Waals surface area (Å²) in [5.74, 6) is 0.105. The molecule has 0 radical (unpaired) electrons. The number of aryl methyl sites for hydroxylation is 1. The molecule has 2 aromatic heterocycles. The average molecular weight is 375 g/mol. The van der Waals surface area contributed by atoms with Crippen LogP contribution in [-0.2, 0) is 10.5 Å². The van der Waals surface area contributed by atoms with Gasteiger partial charge in [-0.25, -0.2) is 4.98 Å². The lowest BCUT2D eigenvalue weighted by molar-refractivity contribution is -0.142. The molecule has 1 aliphatic rings. The number of hydrogen-bond donors (Lipinski definition) is 2. The fourth-order valence-electron chi connectivity index (χ4n) is 3.05. The Labute approximate surface area is 155 Å². The minimum atomic E-state index is -0.746. The number of amides is 1. The predicted octanol–water partition coefficient (Wildman–Crippen LogP) is 3.04. The molecule has 0 bridgehead atoms. The largest absolute Gasteiger partial charge is 0.481 e. The van der Waals surface area contributed by atoms with E-state index >= 15 is 0 Å². The van der Waals surface area contributed by atoms with Crippen molar-refractivity contribution in [1.82, 2.24) is 15.5 Å². The Hall–Kier alpha value is -2.35. The highest BCUT2D eigenvalue weighted by molar-refractivity contribution is 7.98. The lowest BCUT2D eigenvalue weighted by atomic mass is 9.86. The van der Waals surface area contributed by atoms with Crippen LogP contribution in [-0.4, -0.2) is 33.2 Å². The second-order valence-electron chi connectivity index (χ2n) is 6.43. The van der Waals surface area contributed by atoms with Crippen LogP contribution in [0.2, 0.25) is 0 Å². The molecule has 1 saturated carbocycles. The third-order valence-corrected chi connectivity index (χ3v) is 5.50. The number of pyridine rings is 1. The molecule has 0 atom stereocenters. The number of aliphatic carboxylic acids is 1. The summed E-state index contributed by atoms with van der Waals surface area (Å²) in [6.07, 6.45) is 4.22. The van der Waals surface area contributed by atoms with Crippen LogP contribution in [0, 0.1) is 12.8 Å². The molecule has 0 saturated heterocycles. The third kappa shape index (κ3) is 4.63. The second kappa shape index (κ2) is 8.35. The number of carbonyl (C=O) groups is 2. The highest BCUT2D eigenvalue weighted by atomic mass is 32.2. The summed E-state index contributed by atoms with van der Waals surface area (Å²) in [5, 5.41) is 16.7. The summed E-state index contributed by atoms with van der Waals surface area (Å²) in [4.78, 5) is 28.0. The first-order chi connectivity index (χ1) is 12.5. The van der Waals surface area contributed by atoms with Gasteiger partial charge in [-0.15, -0.1) is 0 Å². The van der Waals surface area contributed by atoms with Crippen LogP contribution in [0.4, 0.5) is 0 Å². The standard InChI is InChI=1S/C18H21N3O4S/c1-11-9-14(21-25-11)10-26-17-15(3-2-8-19-17)16(22)20-13-6-4-12(5-7-13)18(23)24/h2-3,8-9,12-13H,4-7,10H2,1H3,(H,20,22)(H,23,24). The lowest BCUT2D eigenvalue weighted by Crippen LogP contribution is -2.39. The van der Waals surface area contributed by atoms with Gasteiger partial charge in [0, 0.05) is 24.1 Å². The van der Waals surface area contributed by atoms with Crippen molar-refractivity contribution in [1.29, 1.82) is 0 Å². The maximum atomic E-state index is 12.6. The van der Waals surface area contributed by atoms with Gasteiger partial charge in [-0.2, -0.15) is 0 Å². The normalized spacial score (nSPS) is 19.9. The summed E-state index contributed by atoms with van der Waals surface area (Å²) in [6.45, 7) is 1.83. The Balaban J connectivity index is 1.60. The Kier molecular flexibility index (Phi) is 5.92. The van der Waals surface area contributed by atoms with E-state index in [0.717, 1.165) is 11.5 Å². The Morgan fingerprint density at radius 1 is 1.35 bits per heavy atom. The van der Waals surface area contributed by atoms with E-state index in [-0.39, 0.29) is 17.9 Å². The van der Waals surface area contributed by atoms with E-state index < -0.39 is 5.97 Å². The zero-order valence-corrected chi connectivity index (χ0v) is 15.3. The maximum absolute atomic E-state index is 12.6. The summed E-state index contributed by atoms with van der Waals surface area (Å²) >= 11 is 1.44. The molecule has 8 heteroatoms. The third-order valence-electron chi connectivity index (χ3n) is 4.46. The molecule has 1 aliphatic carbocycles. The van der Waals surface area contributed by atoms with Gasteiger partial charge in [0.2, 0.25) is 0 Å². The lowest BCUT2D eigenvalue weighted by Gasteiger charge is -2.27. The van der Waals surface area contributed by atoms with E-state index in [1.165, 1.54) is 11.8 Å². The van der Waals surface area contributed by atoms with Crippen molar-refractivity contribution in [3.63, 3.8) is 0 Å². The van der Waals surface area contributed by atoms with Gasteiger partial charge in [-0.05, 0) is 44.7 Å². The zero-order chi connectivity index (χ0) is 18.5. The van der Waals surface area contributed by atoms with E-state index in [1.807, 2.05) is 13.0 Å². The molecule has 1 amide bonds. The Morgan fingerprint density at radius 3 is 2.77 bits per heavy atom. The van der Waals surface area contributed by atoms with Crippen molar-refractivity contribution in [2.45, 2.75) is 49.4 Å².